The van der Waals surface area contributed by atoms with Crippen molar-refractivity contribution < 1.29 is 37.0 Å². The summed E-state index contributed by atoms with van der Waals surface area (Å²) in [6, 6.07) is 6.01. The number of benzene rings is 1. The molecule has 10 nitrogen and oxygen atoms in total. The van der Waals surface area contributed by atoms with E-state index in [2.05, 4.69) is 0 Å². The molecule has 1 N–H and O–H groups in total. The molecule has 2 rings (SSSR count). The van der Waals surface area contributed by atoms with Gasteiger partial charge in [0.2, 0.25) is 0 Å². The highest BCUT2D eigenvalue weighted by molar-refractivity contribution is 7.90. The van der Waals surface area contributed by atoms with Gasteiger partial charge in [-0.2, -0.15) is 0 Å². The number of amides is 2. The van der Waals surface area contributed by atoms with E-state index in [1.54, 1.807) is 39.0 Å². The molecule has 1 aromatic rings. The zero-order valence-electron chi connectivity index (χ0n) is 20.1. The molecular weight excluding hydrogens is 464 g/mol. The number of hydrogen-bond donors (Lipinski definition) is 1. The Morgan fingerprint density at radius 3 is 2.24 bits per heavy atom. The van der Waals surface area contributed by atoms with Gasteiger partial charge in [-0.05, 0) is 52.0 Å². The second-order valence-electron chi connectivity index (χ2n) is 9.05. The van der Waals surface area contributed by atoms with Crippen molar-refractivity contribution in [1.29, 1.82) is 0 Å². The van der Waals surface area contributed by atoms with Crippen LogP contribution < -0.4 is 4.72 Å². The number of sulfonamides is 1. The van der Waals surface area contributed by atoms with Crippen molar-refractivity contribution in [3.63, 3.8) is 0 Å². The minimum absolute atomic E-state index is 0.0422. The minimum atomic E-state index is -4.14. The molecule has 1 aromatic carbocycles. The zero-order valence-corrected chi connectivity index (χ0v) is 20.9. The highest BCUT2D eigenvalue weighted by Gasteiger charge is 2.39. The fourth-order valence-electron chi connectivity index (χ4n) is 3.22. The molecule has 1 heterocycles. The van der Waals surface area contributed by atoms with E-state index in [0.717, 1.165) is 5.56 Å². The molecule has 188 valence electrons. The number of piperidine rings is 1. The summed E-state index contributed by atoms with van der Waals surface area (Å²) in [4.78, 5) is 37.4. The molecule has 0 atom stereocenters. The minimum Gasteiger partial charge on any atom is -0.462 e. The fourth-order valence-corrected chi connectivity index (χ4v) is 4.09. The van der Waals surface area contributed by atoms with Crippen LogP contribution in [-0.2, 0) is 29.0 Å². The Hall–Kier alpha value is -3.08. The first-order valence-corrected chi connectivity index (χ1v) is 12.3. The monoisotopic (exact) mass is 496 g/mol. The number of aryl methyl sites for hydroxylation is 1. The Morgan fingerprint density at radius 1 is 1.12 bits per heavy atom. The van der Waals surface area contributed by atoms with Crippen LogP contribution in [-0.4, -0.2) is 62.4 Å². The molecule has 0 aromatic heterocycles. The van der Waals surface area contributed by atoms with Gasteiger partial charge in [0.1, 0.15) is 17.8 Å². The summed E-state index contributed by atoms with van der Waals surface area (Å²) in [5.74, 6) is -0.471. The number of carbonyl (C=O) groups is 3. The summed E-state index contributed by atoms with van der Waals surface area (Å²) in [5.41, 5.74) is -0.989. The third-order valence-corrected chi connectivity index (χ3v) is 6.24. The lowest BCUT2D eigenvalue weighted by atomic mass is 9.90. The van der Waals surface area contributed by atoms with E-state index in [9.17, 15) is 22.8 Å². The topological polar surface area (TPSA) is 128 Å². The number of carbonyl (C=O) groups excluding carboxylic acids is 3. The first kappa shape index (κ1) is 27.2. The highest BCUT2D eigenvalue weighted by Crippen LogP contribution is 2.29. The van der Waals surface area contributed by atoms with Crippen LogP contribution >= 0.6 is 0 Å². The second kappa shape index (κ2) is 10.9. The molecule has 0 radical (unpaired) electrons. The molecule has 0 saturated carbocycles. The van der Waals surface area contributed by atoms with Crippen LogP contribution in [0.2, 0.25) is 0 Å². The molecule has 1 aliphatic heterocycles. The van der Waals surface area contributed by atoms with Crippen molar-refractivity contribution >= 4 is 28.2 Å². The quantitative estimate of drug-likeness (QED) is 0.361. The van der Waals surface area contributed by atoms with Crippen LogP contribution in [0.4, 0.5) is 9.59 Å². The average molecular weight is 497 g/mol. The second-order valence-corrected chi connectivity index (χ2v) is 10.7. The van der Waals surface area contributed by atoms with E-state index in [-0.39, 0.29) is 37.4 Å². The maximum Gasteiger partial charge on any atom is 0.422 e. The van der Waals surface area contributed by atoms with E-state index < -0.39 is 39.4 Å². The lowest BCUT2D eigenvalue weighted by Crippen LogP contribution is -2.50. The van der Waals surface area contributed by atoms with E-state index in [0.29, 0.717) is 0 Å². The van der Waals surface area contributed by atoms with Gasteiger partial charge in [-0.15, -0.1) is 0 Å². The maximum absolute atomic E-state index is 12.6. The number of hydrogen-bond acceptors (Lipinski definition) is 8. The van der Waals surface area contributed by atoms with Crippen LogP contribution in [0.3, 0.4) is 0 Å². The third-order valence-electron chi connectivity index (χ3n) is 4.91. The fraction of sp³-hybridized carbons (Fsp3) is 0.522. The van der Waals surface area contributed by atoms with Crippen LogP contribution in [0.5, 0.6) is 0 Å². The van der Waals surface area contributed by atoms with Crippen LogP contribution in [0, 0.1) is 6.92 Å². The van der Waals surface area contributed by atoms with Gasteiger partial charge in [0.05, 0.1) is 4.90 Å². The van der Waals surface area contributed by atoms with E-state index in [4.69, 9.17) is 14.2 Å². The number of nitrogens with zero attached hydrogens (tertiary/aromatic N) is 1. The highest BCUT2D eigenvalue weighted by atomic mass is 32.2. The molecule has 11 heteroatoms. The first-order chi connectivity index (χ1) is 15.7. The van der Waals surface area contributed by atoms with Crippen molar-refractivity contribution in [2.75, 3.05) is 19.7 Å². The van der Waals surface area contributed by atoms with Gasteiger partial charge in [0, 0.05) is 32.9 Å². The van der Waals surface area contributed by atoms with Gasteiger partial charge in [-0.25, -0.2) is 22.7 Å². The third kappa shape index (κ3) is 8.36. The number of ether oxygens (including phenoxy) is 3. The zero-order chi connectivity index (χ0) is 25.6. The summed E-state index contributed by atoms with van der Waals surface area (Å²) in [6.07, 6.45) is 1.83. The SMILES string of the molecule is CC(=O)OC/C=C\C1(OC(=O)NS(=O)(=O)c2ccc(C)cc2)CCN(C(=O)OC(C)(C)C)CC1. The van der Waals surface area contributed by atoms with Crippen molar-refractivity contribution in [3.05, 3.63) is 42.0 Å². The number of esters is 1. The number of rotatable bonds is 6. The Balaban J connectivity index is 2.13. The molecule has 0 aliphatic carbocycles. The molecule has 0 bridgehead atoms. The molecule has 1 saturated heterocycles. The molecule has 0 spiro atoms. The van der Waals surface area contributed by atoms with Crippen molar-refractivity contribution in [1.82, 2.24) is 9.62 Å². The maximum atomic E-state index is 12.6. The van der Waals surface area contributed by atoms with Crippen molar-refractivity contribution in [3.8, 4) is 0 Å². The van der Waals surface area contributed by atoms with Gasteiger partial charge in [0.15, 0.2) is 0 Å². The van der Waals surface area contributed by atoms with Crippen LogP contribution in [0.25, 0.3) is 0 Å². The van der Waals surface area contributed by atoms with Gasteiger partial charge in [-0.1, -0.05) is 17.7 Å². The summed E-state index contributed by atoms with van der Waals surface area (Å²) in [5, 5.41) is 0. The standard InChI is InChI=1S/C23H32N2O8S/c1-17-7-9-19(10-8-17)34(29,30)24-20(27)32-23(11-6-16-31-18(2)26)12-14-25(15-13-23)21(28)33-22(3,4)5/h6-11H,12-16H2,1-5H3,(H,24,27)/b11-6-. The van der Waals surface area contributed by atoms with Crippen LogP contribution in [0.1, 0.15) is 46.1 Å². The molecule has 0 unspecified atom stereocenters. The molecule has 2 amide bonds. The number of likely N-dealkylation sites (tertiary alicyclic amines) is 1. The molecule has 1 aliphatic rings. The van der Waals surface area contributed by atoms with E-state index in [1.807, 2.05) is 11.6 Å². The smallest absolute Gasteiger partial charge is 0.422 e. The molecule has 1 fully saturated rings. The van der Waals surface area contributed by atoms with Gasteiger partial charge in [0.25, 0.3) is 10.0 Å². The Labute approximate surface area is 200 Å². The van der Waals surface area contributed by atoms with Gasteiger partial charge in [-0.3, -0.25) is 4.79 Å². The lowest BCUT2D eigenvalue weighted by Gasteiger charge is -2.39. The predicted octanol–water partition coefficient (Wildman–Crippen LogP) is 3.30. The van der Waals surface area contributed by atoms with Gasteiger partial charge >= 0.3 is 18.2 Å². The average Bonchev–Trinajstić information content (AvgIpc) is 2.70. The Kier molecular flexibility index (Phi) is 8.71. The Morgan fingerprint density at radius 2 is 1.71 bits per heavy atom. The lowest BCUT2D eigenvalue weighted by molar-refractivity contribution is -0.139. The summed E-state index contributed by atoms with van der Waals surface area (Å²) >= 11 is 0. The van der Waals surface area contributed by atoms with Gasteiger partial charge < -0.3 is 19.1 Å². The van der Waals surface area contributed by atoms with Crippen molar-refractivity contribution in [2.24, 2.45) is 0 Å². The van der Waals surface area contributed by atoms with E-state index >= 15 is 0 Å². The summed E-state index contributed by atoms with van der Waals surface area (Å²) in [7, 11) is -4.14. The molecular formula is C23H32N2O8S. The number of nitrogens with one attached hydrogen (secondary N) is 1. The summed E-state index contributed by atoms with van der Waals surface area (Å²) in [6.45, 7) is 8.75. The molecule has 34 heavy (non-hydrogen) atoms. The van der Waals surface area contributed by atoms with Crippen LogP contribution in [0.15, 0.2) is 41.3 Å². The Bertz CT molecular complexity index is 1020. The summed E-state index contributed by atoms with van der Waals surface area (Å²) < 4.78 is 42.9. The first-order valence-electron chi connectivity index (χ1n) is 10.8. The normalized spacial score (nSPS) is 16.1. The largest absolute Gasteiger partial charge is 0.462 e. The van der Waals surface area contributed by atoms with E-state index in [1.165, 1.54) is 30.0 Å². The predicted molar refractivity (Wildman–Crippen MR) is 124 cm³/mol. The van der Waals surface area contributed by atoms with Crippen molar-refractivity contribution in [2.45, 2.75) is 63.6 Å².